The number of amides is 1. The predicted molar refractivity (Wildman–Crippen MR) is 132 cm³/mol. The summed E-state index contributed by atoms with van der Waals surface area (Å²) in [6, 6.07) is 4.17. The first kappa shape index (κ1) is 26.2. The average Bonchev–Trinajstić information content (AvgIpc) is 3.13. The molecule has 2 atom stereocenters. The zero-order valence-electron chi connectivity index (χ0n) is 20.2. The Hall–Kier alpha value is -3.38. The number of rotatable bonds is 5. The summed E-state index contributed by atoms with van der Waals surface area (Å²) in [5.74, 6) is 0.533. The van der Waals surface area contributed by atoms with E-state index < -0.39 is 17.9 Å². The highest BCUT2D eigenvalue weighted by molar-refractivity contribution is 6.31. The summed E-state index contributed by atoms with van der Waals surface area (Å²) in [6.45, 7) is 2.36. The molecule has 1 N–H and O–H groups in total. The van der Waals surface area contributed by atoms with Gasteiger partial charge in [0.05, 0.1) is 29.5 Å². The second-order valence-corrected chi connectivity index (χ2v) is 9.99. The molecule has 0 spiro atoms. The maximum atomic E-state index is 13.2. The summed E-state index contributed by atoms with van der Waals surface area (Å²) < 4.78 is 44.3. The van der Waals surface area contributed by atoms with E-state index in [1.54, 1.807) is 11.0 Å². The van der Waals surface area contributed by atoms with Crippen molar-refractivity contribution < 1.29 is 32.6 Å². The van der Waals surface area contributed by atoms with Crippen molar-refractivity contribution in [2.45, 2.75) is 37.5 Å². The van der Waals surface area contributed by atoms with Crippen LogP contribution in [0.2, 0.25) is 5.02 Å². The zero-order chi connectivity index (χ0) is 27.0. The average molecular weight is 552 g/mol. The molecule has 2 unspecified atom stereocenters. The van der Waals surface area contributed by atoms with E-state index >= 15 is 0 Å². The number of nitrogens with zero attached hydrogens (tertiary/aromatic N) is 5. The predicted octanol–water partition coefficient (Wildman–Crippen LogP) is 4.17. The fourth-order valence-corrected chi connectivity index (χ4v) is 5.66. The molecule has 2 bridgehead atoms. The van der Waals surface area contributed by atoms with E-state index in [9.17, 15) is 22.8 Å². The molecule has 2 fully saturated rings. The van der Waals surface area contributed by atoms with Gasteiger partial charge >= 0.3 is 12.3 Å². The van der Waals surface area contributed by atoms with Crippen LogP contribution in [0.25, 0.3) is 5.57 Å². The standard InChI is InChI=1S/C25H25ClF3N5O4/c26-21-4-1-16(9-20(21)25(27,28)29)15-5-7-33(8-6-15)22(35)14-32-12-17-2-3-18(13-32)34(17)23-30-10-19(11-31-23)38-24(36)37/h1,4-5,9-11,17-18H,2-3,6-8,12-14H2,(H,36,37). The van der Waals surface area contributed by atoms with Gasteiger partial charge < -0.3 is 19.6 Å². The number of piperazine rings is 1. The quantitative estimate of drug-likeness (QED) is 0.553. The molecule has 13 heteroatoms. The van der Waals surface area contributed by atoms with Crippen molar-refractivity contribution in [1.82, 2.24) is 19.8 Å². The number of aromatic nitrogens is 2. The minimum absolute atomic E-state index is 0.0216. The van der Waals surface area contributed by atoms with Crippen molar-refractivity contribution in [3.8, 4) is 5.75 Å². The Morgan fingerprint density at radius 1 is 1.13 bits per heavy atom. The molecule has 0 aliphatic carbocycles. The second-order valence-electron chi connectivity index (χ2n) is 9.58. The molecule has 2 aromatic rings. The zero-order valence-corrected chi connectivity index (χ0v) is 21.0. The Bertz CT molecular complexity index is 1240. The number of hydrogen-bond donors (Lipinski definition) is 1. The van der Waals surface area contributed by atoms with E-state index in [4.69, 9.17) is 16.7 Å². The molecule has 1 aromatic carbocycles. The van der Waals surface area contributed by atoms with Crippen LogP contribution in [0.5, 0.6) is 5.75 Å². The van der Waals surface area contributed by atoms with Gasteiger partial charge in [-0.25, -0.2) is 14.8 Å². The van der Waals surface area contributed by atoms with Crippen molar-refractivity contribution in [2.75, 3.05) is 37.6 Å². The molecule has 9 nitrogen and oxygen atoms in total. The van der Waals surface area contributed by atoms with Gasteiger partial charge in [-0.1, -0.05) is 23.7 Å². The summed E-state index contributed by atoms with van der Waals surface area (Å²) in [6.07, 6.45) is 0.838. The molecule has 0 saturated carbocycles. The number of ether oxygens (including phenoxy) is 1. The molecule has 202 valence electrons. The number of anilines is 1. The van der Waals surface area contributed by atoms with Crippen LogP contribution in [0.1, 0.15) is 30.4 Å². The number of alkyl halides is 3. The maximum absolute atomic E-state index is 13.2. The monoisotopic (exact) mass is 551 g/mol. The lowest BCUT2D eigenvalue weighted by molar-refractivity contribution is -0.137. The van der Waals surface area contributed by atoms with E-state index in [-0.39, 0.29) is 35.3 Å². The van der Waals surface area contributed by atoms with E-state index in [1.165, 1.54) is 18.5 Å². The number of benzene rings is 1. The highest BCUT2D eigenvalue weighted by Gasteiger charge is 2.42. The van der Waals surface area contributed by atoms with Crippen molar-refractivity contribution in [2.24, 2.45) is 0 Å². The van der Waals surface area contributed by atoms with Gasteiger partial charge in [0.1, 0.15) is 0 Å². The molecule has 3 aliphatic rings. The Morgan fingerprint density at radius 3 is 2.39 bits per heavy atom. The first-order valence-electron chi connectivity index (χ1n) is 12.2. The van der Waals surface area contributed by atoms with Gasteiger partial charge in [-0.2, -0.15) is 13.2 Å². The molecular formula is C25H25ClF3N5O4. The fraction of sp³-hybridized carbons (Fsp3) is 0.440. The van der Waals surface area contributed by atoms with Crippen molar-refractivity contribution in [1.29, 1.82) is 0 Å². The number of hydrogen-bond acceptors (Lipinski definition) is 7. The highest BCUT2D eigenvalue weighted by atomic mass is 35.5. The van der Waals surface area contributed by atoms with Crippen LogP contribution in [0, 0.1) is 0 Å². The van der Waals surface area contributed by atoms with E-state index in [0.717, 1.165) is 24.5 Å². The van der Waals surface area contributed by atoms with Gasteiger partial charge in [-0.15, -0.1) is 0 Å². The molecule has 3 aliphatic heterocycles. The Kier molecular flexibility index (Phi) is 7.19. The number of likely N-dealkylation sites (tertiary alicyclic amines) is 1. The lowest BCUT2D eigenvalue weighted by Gasteiger charge is -2.41. The van der Waals surface area contributed by atoms with Crippen LogP contribution in [0.3, 0.4) is 0 Å². The minimum Gasteiger partial charge on any atom is -0.449 e. The third-order valence-corrected chi connectivity index (χ3v) is 7.50. The molecule has 5 rings (SSSR count). The topological polar surface area (TPSA) is 99.1 Å². The minimum atomic E-state index is -4.53. The number of carbonyl (C=O) groups excluding carboxylic acids is 1. The SMILES string of the molecule is O=C(O)Oc1cnc(N2C3CCC2CN(CC(=O)N2CC=C(c4ccc(Cl)c(C(F)(F)F)c4)CC2)C3)nc1. The molecule has 0 radical (unpaired) electrons. The van der Waals surface area contributed by atoms with Crippen molar-refractivity contribution in [3.63, 3.8) is 0 Å². The van der Waals surface area contributed by atoms with Crippen molar-refractivity contribution in [3.05, 3.63) is 52.8 Å². The number of carbonyl (C=O) groups is 2. The van der Waals surface area contributed by atoms with Gasteiger partial charge in [-0.05, 0) is 42.5 Å². The van der Waals surface area contributed by atoms with Crippen molar-refractivity contribution >= 4 is 35.2 Å². The summed E-state index contributed by atoms with van der Waals surface area (Å²) in [5, 5.41) is 8.38. The van der Waals surface area contributed by atoms with Gasteiger partial charge in [0.25, 0.3) is 0 Å². The summed E-state index contributed by atoms with van der Waals surface area (Å²) in [7, 11) is 0. The van der Waals surface area contributed by atoms with E-state index in [0.29, 0.717) is 44.1 Å². The summed E-state index contributed by atoms with van der Waals surface area (Å²) in [4.78, 5) is 38.2. The van der Waals surface area contributed by atoms with E-state index in [1.807, 2.05) is 6.08 Å². The van der Waals surface area contributed by atoms with Gasteiger partial charge in [-0.3, -0.25) is 9.69 Å². The third-order valence-electron chi connectivity index (χ3n) is 7.17. The molecule has 1 aromatic heterocycles. The Balaban J connectivity index is 1.17. The molecule has 4 heterocycles. The largest absolute Gasteiger partial charge is 0.511 e. The van der Waals surface area contributed by atoms with Gasteiger partial charge in [0.2, 0.25) is 11.9 Å². The van der Waals surface area contributed by atoms with E-state index in [2.05, 4.69) is 24.5 Å². The smallest absolute Gasteiger partial charge is 0.449 e. The molecular weight excluding hydrogens is 527 g/mol. The molecule has 38 heavy (non-hydrogen) atoms. The van der Waals surface area contributed by atoms with Gasteiger partial charge in [0, 0.05) is 38.3 Å². The normalized spacial score (nSPS) is 21.8. The first-order chi connectivity index (χ1) is 18.1. The van der Waals surface area contributed by atoms with Crippen LogP contribution in [0.15, 0.2) is 36.7 Å². The maximum Gasteiger partial charge on any atom is 0.511 e. The molecule has 1 amide bonds. The Morgan fingerprint density at radius 2 is 1.82 bits per heavy atom. The third kappa shape index (κ3) is 5.56. The molecule has 2 saturated heterocycles. The summed E-state index contributed by atoms with van der Waals surface area (Å²) >= 11 is 5.74. The summed E-state index contributed by atoms with van der Waals surface area (Å²) in [5.41, 5.74) is 0.369. The Labute approximate surface area is 221 Å². The lowest BCUT2D eigenvalue weighted by atomic mass is 9.97. The van der Waals surface area contributed by atoms with Crippen LogP contribution in [0.4, 0.5) is 23.9 Å². The van der Waals surface area contributed by atoms with Crippen LogP contribution >= 0.6 is 11.6 Å². The highest BCUT2D eigenvalue weighted by Crippen LogP contribution is 2.37. The number of halogens is 4. The first-order valence-corrected chi connectivity index (χ1v) is 12.5. The fourth-order valence-electron chi connectivity index (χ4n) is 5.43. The van der Waals surface area contributed by atoms with Crippen LogP contribution < -0.4 is 9.64 Å². The second kappa shape index (κ2) is 10.4. The van der Waals surface area contributed by atoms with Crippen LogP contribution in [-0.2, 0) is 11.0 Å². The number of fused-ring (bicyclic) bond motifs is 2. The number of carboxylic acid groups (broad SMARTS) is 1. The van der Waals surface area contributed by atoms with Gasteiger partial charge in [0.15, 0.2) is 5.75 Å². The van der Waals surface area contributed by atoms with Crippen LogP contribution in [-0.4, -0.2) is 81.7 Å². The lowest BCUT2D eigenvalue weighted by Crippen LogP contribution is -2.56.